The molecule has 6 heteroatoms. The molecular formula is C11H10BrN3O2. The highest BCUT2D eigenvalue weighted by atomic mass is 79.9. The Kier molecular flexibility index (Phi) is 3.23. The van der Waals surface area contributed by atoms with Crippen molar-refractivity contribution < 1.29 is 9.53 Å². The monoisotopic (exact) mass is 295 g/mol. The summed E-state index contributed by atoms with van der Waals surface area (Å²) in [6.45, 7) is 1.77. The van der Waals surface area contributed by atoms with Crippen molar-refractivity contribution in [3.63, 3.8) is 0 Å². The fourth-order valence-electron chi connectivity index (χ4n) is 1.44. The van der Waals surface area contributed by atoms with Gasteiger partial charge in [0.05, 0.1) is 18.5 Å². The number of carbonyl (C=O) groups excluding carboxylic acids is 1. The number of carbonyl (C=O) groups is 1. The Labute approximate surface area is 107 Å². The number of esters is 1. The van der Waals surface area contributed by atoms with Crippen molar-refractivity contribution >= 4 is 21.9 Å². The van der Waals surface area contributed by atoms with Crippen LogP contribution in [0.1, 0.15) is 16.2 Å². The molecule has 0 aliphatic carbocycles. The molecule has 2 aromatic rings. The van der Waals surface area contributed by atoms with Gasteiger partial charge < -0.3 is 4.74 Å². The lowest BCUT2D eigenvalue weighted by Crippen LogP contribution is -2.05. The second-order valence-electron chi connectivity index (χ2n) is 3.40. The van der Waals surface area contributed by atoms with Gasteiger partial charge >= 0.3 is 5.97 Å². The van der Waals surface area contributed by atoms with Crippen molar-refractivity contribution in [2.75, 3.05) is 7.11 Å². The van der Waals surface area contributed by atoms with Crippen LogP contribution in [-0.2, 0) is 4.74 Å². The summed E-state index contributed by atoms with van der Waals surface area (Å²) in [7, 11) is 1.32. The molecule has 0 N–H and O–H groups in total. The molecule has 5 nitrogen and oxygen atoms in total. The largest absolute Gasteiger partial charge is 0.464 e. The van der Waals surface area contributed by atoms with E-state index in [1.54, 1.807) is 11.6 Å². The predicted octanol–water partition coefficient (Wildman–Crippen LogP) is 2.12. The summed E-state index contributed by atoms with van der Waals surface area (Å²) in [5, 5.41) is 7.75. The Morgan fingerprint density at radius 2 is 2.00 bits per heavy atom. The number of hydrogen-bond donors (Lipinski definition) is 0. The van der Waals surface area contributed by atoms with Crippen molar-refractivity contribution in [3.05, 3.63) is 40.1 Å². The van der Waals surface area contributed by atoms with E-state index in [9.17, 15) is 4.79 Å². The fraction of sp³-hybridized carbons (Fsp3) is 0.182. The molecule has 0 spiro atoms. The molecule has 1 aromatic heterocycles. The van der Waals surface area contributed by atoms with Crippen LogP contribution in [0.25, 0.3) is 5.69 Å². The highest BCUT2D eigenvalue weighted by Crippen LogP contribution is 2.16. The van der Waals surface area contributed by atoms with Crippen LogP contribution in [0.15, 0.2) is 28.7 Å². The van der Waals surface area contributed by atoms with Gasteiger partial charge in [-0.2, -0.15) is 0 Å². The molecule has 1 aromatic carbocycles. The van der Waals surface area contributed by atoms with Crippen LogP contribution >= 0.6 is 15.9 Å². The summed E-state index contributed by atoms with van der Waals surface area (Å²) < 4.78 is 7.20. The second kappa shape index (κ2) is 4.67. The van der Waals surface area contributed by atoms with Gasteiger partial charge in [-0.25, -0.2) is 9.48 Å². The number of rotatable bonds is 2. The number of hydrogen-bond acceptors (Lipinski definition) is 4. The van der Waals surface area contributed by atoms with E-state index < -0.39 is 5.97 Å². The van der Waals surface area contributed by atoms with Gasteiger partial charge in [-0.1, -0.05) is 21.1 Å². The summed E-state index contributed by atoms with van der Waals surface area (Å²) >= 11 is 3.36. The zero-order valence-corrected chi connectivity index (χ0v) is 10.9. The number of methoxy groups -OCH3 is 1. The standard InChI is InChI=1S/C11H10BrN3O2/c1-7-10(11(16)17-2)13-14-15(7)9-5-3-8(12)4-6-9/h3-6H,1-2H3. The van der Waals surface area contributed by atoms with E-state index in [1.807, 2.05) is 24.3 Å². The normalized spacial score (nSPS) is 10.3. The van der Waals surface area contributed by atoms with Crippen LogP contribution in [0, 0.1) is 6.92 Å². The topological polar surface area (TPSA) is 57.0 Å². The molecule has 0 aliphatic rings. The van der Waals surface area contributed by atoms with Crippen LogP contribution in [0.4, 0.5) is 0 Å². The first kappa shape index (κ1) is 11.8. The number of aromatic nitrogens is 3. The van der Waals surface area contributed by atoms with Gasteiger partial charge in [0.15, 0.2) is 5.69 Å². The second-order valence-corrected chi connectivity index (χ2v) is 4.32. The first-order valence-corrected chi connectivity index (χ1v) is 5.69. The van der Waals surface area contributed by atoms with Crippen molar-refractivity contribution in [2.24, 2.45) is 0 Å². The molecule has 0 radical (unpaired) electrons. The first-order chi connectivity index (χ1) is 8.13. The van der Waals surface area contributed by atoms with Gasteiger partial charge in [-0.15, -0.1) is 5.10 Å². The lowest BCUT2D eigenvalue weighted by Gasteiger charge is -2.03. The van der Waals surface area contributed by atoms with Crippen LogP contribution < -0.4 is 0 Å². The number of nitrogens with zero attached hydrogens (tertiary/aromatic N) is 3. The smallest absolute Gasteiger partial charge is 0.360 e. The van der Waals surface area contributed by atoms with Gasteiger partial charge in [-0.05, 0) is 31.2 Å². The maximum Gasteiger partial charge on any atom is 0.360 e. The summed E-state index contributed by atoms with van der Waals surface area (Å²) in [6.07, 6.45) is 0. The molecule has 88 valence electrons. The van der Waals surface area contributed by atoms with E-state index in [0.717, 1.165) is 10.2 Å². The highest BCUT2D eigenvalue weighted by molar-refractivity contribution is 9.10. The third kappa shape index (κ3) is 2.21. The Balaban J connectivity index is 2.44. The number of halogens is 1. The molecule has 0 atom stereocenters. The van der Waals surface area contributed by atoms with E-state index in [1.165, 1.54) is 7.11 Å². The van der Waals surface area contributed by atoms with Crippen LogP contribution in [0.2, 0.25) is 0 Å². The van der Waals surface area contributed by atoms with Gasteiger partial charge in [0.1, 0.15) is 0 Å². The van der Waals surface area contributed by atoms with Crippen LogP contribution in [-0.4, -0.2) is 28.1 Å². The summed E-state index contributed by atoms with van der Waals surface area (Å²) in [5.74, 6) is -0.481. The fourth-order valence-corrected chi connectivity index (χ4v) is 1.71. The molecule has 2 rings (SSSR count). The van der Waals surface area contributed by atoms with E-state index >= 15 is 0 Å². The Morgan fingerprint density at radius 1 is 1.35 bits per heavy atom. The average Bonchev–Trinajstić information content (AvgIpc) is 2.71. The Bertz CT molecular complexity index is 548. The number of benzene rings is 1. The molecule has 0 fully saturated rings. The quantitative estimate of drug-likeness (QED) is 0.797. The van der Waals surface area contributed by atoms with Crippen LogP contribution in [0.5, 0.6) is 0 Å². The van der Waals surface area contributed by atoms with Gasteiger partial charge in [0.25, 0.3) is 0 Å². The molecule has 1 heterocycles. The zero-order valence-electron chi connectivity index (χ0n) is 9.35. The van der Waals surface area contributed by atoms with E-state index in [0.29, 0.717) is 5.69 Å². The molecule has 0 saturated heterocycles. The molecule has 0 unspecified atom stereocenters. The van der Waals surface area contributed by atoms with E-state index in [-0.39, 0.29) is 5.69 Å². The summed E-state index contributed by atoms with van der Waals surface area (Å²) in [6, 6.07) is 7.56. The third-order valence-corrected chi connectivity index (χ3v) is 2.87. The van der Waals surface area contributed by atoms with Crippen molar-refractivity contribution in [1.82, 2.24) is 15.0 Å². The minimum absolute atomic E-state index is 0.232. The van der Waals surface area contributed by atoms with Crippen molar-refractivity contribution in [3.8, 4) is 5.69 Å². The lowest BCUT2D eigenvalue weighted by molar-refractivity contribution is 0.0593. The third-order valence-electron chi connectivity index (χ3n) is 2.34. The molecule has 17 heavy (non-hydrogen) atoms. The predicted molar refractivity (Wildman–Crippen MR) is 65.1 cm³/mol. The SMILES string of the molecule is COC(=O)c1nnn(-c2ccc(Br)cc2)c1C. The molecule has 0 aliphatic heterocycles. The molecule has 0 bridgehead atoms. The van der Waals surface area contributed by atoms with Crippen molar-refractivity contribution in [2.45, 2.75) is 6.92 Å². The lowest BCUT2D eigenvalue weighted by atomic mass is 10.3. The van der Waals surface area contributed by atoms with E-state index in [2.05, 4.69) is 31.0 Å². The number of ether oxygens (including phenoxy) is 1. The molecular weight excluding hydrogens is 286 g/mol. The Morgan fingerprint density at radius 3 is 2.59 bits per heavy atom. The van der Waals surface area contributed by atoms with E-state index in [4.69, 9.17) is 0 Å². The average molecular weight is 296 g/mol. The van der Waals surface area contributed by atoms with Gasteiger partial charge in [0.2, 0.25) is 0 Å². The van der Waals surface area contributed by atoms with Crippen molar-refractivity contribution in [1.29, 1.82) is 0 Å². The van der Waals surface area contributed by atoms with Crippen LogP contribution in [0.3, 0.4) is 0 Å². The maximum absolute atomic E-state index is 11.4. The molecule has 0 saturated carbocycles. The Hall–Kier alpha value is -1.69. The first-order valence-electron chi connectivity index (χ1n) is 4.90. The maximum atomic E-state index is 11.4. The minimum atomic E-state index is -0.481. The highest BCUT2D eigenvalue weighted by Gasteiger charge is 2.17. The summed E-state index contributed by atoms with van der Waals surface area (Å²) in [4.78, 5) is 11.4. The van der Waals surface area contributed by atoms with Gasteiger partial charge in [-0.3, -0.25) is 0 Å². The van der Waals surface area contributed by atoms with Gasteiger partial charge in [0, 0.05) is 4.47 Å². The zero-order chi connectivity index (χ0) is 12.4. The molecule has 0 amide bonds. The minimum Gasteiger partial charge on any atom is -0.464 e. The summed E-state index contributed by atoms with van der Waals surface area (Å²) in [5.41, 5.74) is 1.72.